The largest absolute Gasteiger partial charge is 0.240 e. The Morgan fingerprint density at radius 1 is 1.70 bits per heavy atom. The standard InChI is InChI=1S/C8H7NO/c1-7-4-2-3-5-8(7)9-6-10/h2,4-5H,1,3H2. The summed E-state index contributed by atoms with van der Waals surface area (Å²) in [6, 6.07) is 0. The van der Waals surface area contributed by atoms with E-state index in [-0.39, 0.29) is 0 Å². The fraction of sp³-hybridized carbons (Fsp3) is 0.125. The van der Waals surface area contributed by atoms with Gasteiger partial charge in [0, 0.05) is 0 Å². The van der Waals surface area contributed by atoms with Crippen molar-refractivity contribution in [3.63, 3.8) is 0 Å². The van der Waals surface area contributed by atoms with Crippen LogP contribution in [0.2, 0.25) is 0 Å². The zero-order chi connectivity index (χ0) is 7.40. The topological polar surface area (TPSA) is 29.4 Å². The van der Waals surface area contributed by atoms with Gasteiger partial charge in [0.15, 0.2) is 0 Å². The van der Waals surface area contributed by atoms with Crippen LogP contribution in [0.15, 0.2) is 41.1 Å². The van der Waals surface area contributed by atoms with Gasteiger partial charge in [0.2, 0.25) is 6.08 Å². The van der Waals surface area contributed by atoms with Crippen molar-refractivity contribution in [2.24, 2.45) is 4.99 Å². The summed E-state index contributed by atoms with van der Waals surface area (Å²) in [5.74, 6) is 0. The van der Waals surface area contributed by atoms with Gasteiger partial charge in [-0.2, -0.15) is 4.99 Å². The third kappa shape index (κ3) is 1.30. The molecule has 0 saturated heterocycles. The summed E-state index contributed by atoms with van der Waals surface area (Å²) in [5.41, 5.74) is 1.41. The number of hydrogen-bond acceptors (Lipinski definition) is 2. The summed E-state index contributed by atoms with van der Waals surface area (Å²) in [6.07, 6.45) is 7.95. The van der Waals surface area contributed by atoms with E-state index in [0.29, 0.717) is 5.70 Å². The third-order valence-electron chi connectivity index (χ3n) is 1.26. The first-order valence-electron chi connectivity index (χ1n) is 2.98. The first-order valence-corrected chi connectivity index (χ1v) is 2.98. The SMILES string of the molecule is C=C1C=CCC=C1N=C=O. The Hall–Kier alpha value is -1.40. The van der Waals surface area contributed by atoms with E-state index in [9.17, 15) is 4.79 Å². The number of hydrogen-bond donors (Lipinski definition) is 0. The molecule has 50 valence electrons. The normalized spacial score (nSPS) is 16.0. The fourth-order valence-corrected chi connectivity index (χ4v) is 0.773. The van der Waals surface area contributed by atoms with Gasteiger partial charge in [-0.05, 0) is 12.0 Å². The van der Waals surface area contributed by atoms with Gasteiger partial charge in [0.1, 0.15) is 0 Å². The number of rotatable bonds is 1. The van der Waals surface area contributed by atoms with Crippen molar-refractivity contribution in [2.75, 3.05) is 0 Å². The molecule has 1 rings (SSSR count). The Balaban J connectivity index is 2.85. The van der Waals surface area contributed by atoms with Crippen LogP contribution in [-0.4, -0.2) is 6.08 Å². The van der Waals surface area contributed by atoms with E-state index in [1.165, 1.54) is 6.08 Å². The second-order valence-corrected chi connectivity index (χ2v) is 1.96. The quantitative estimate of drug-likeness (QED) is 0.395. The fourth-order valence-electron chi connectivity index (χ4n) is 0.773. The number of isocyanates is 1. The molecule has 1 aliphatic carbocycles. The van der Waals surface area contributed by atoms with Crippen LogP contribution < -0.4 is 0 Å². The predicted octanol–water partition coefficient (Wildman–Crippen LogP) is 1.72. The van der Waals surface area contributed by atoms with Crippen LogP contribution in [0.3, 0.4) is 0 Å². The van der Waals surface area contributed by atoms with Crippen LogP contribution in [0.25, 0.3) is 0 Å². The average Bonchev–Trinajstić information content (AvgIpc) is 1.94. The molecule has 0 unspecified atom stereocenters. The van der Waals surface area contributed by atoms with Crippen molar-refractivity contribution in [1.82, 2.24) is 0 Å². The van der Waals surface area contributed by atoms with E-state index in [0.717, 1.165) is 12.0 Å². The first kappa shape index (κ1) is 6.72. The monoisotopic (exact) mass is 133 g/mol. The van der Waals surface area contributed by atoms with E-state index >= 15 is 0 Å². The van der Waals surface area contributed by atoms with E-state index in [2.05, 4.69) is 11.6 Å². The van der Waals surface area contributed by atoms with Crippen LogP contribution >= 0.6 is 0 Å². The average molecular weight is 133 g/mol. The maximum absolute atomic E-state index is 9.82. The Bertz CT molecular complexity index is 254. The molecule has 0 heterocycles. The molecule has 0 bridgehead atoms. The van der Waals surface area contributed by atoms with Gasteiger partial charge in [-0.1, -0.05) is 24.8 Å². The predicted molar refractivity (Wildman–Crippen MR) is 39.1 cm³/mol. The van der Waals surface area contributed by atoms with Gasteiger partial charge in [0.25, 0.3) is 0 Å². The molecule has 0 N–H and O–H groups in total. The van der Waals surface area contributed by atoms with Crippen molar-refractivity contribution in [3.8, 4) is 0 Å². The highest BCUT2D eigenvalue weighted by molar-refractivity contribution is 5.47. The van der Waals surface area contributed by atoms with Crippen LogP contribution in [0, 0.1) is 0 Å². The summed E-state index contributed by atoms with van der Waals surface area (Å²) in [6.45, 7) is 3.69. The molecule has 10 heavy (non-hydrogen) atoms. The summed E-state index contributed by atoms with van der Waals surface area (Å²) in [4.78, 5) is 13.3. The molecule has 0 spiro atoms. The minimum atomic E-state index is 0.637. The van der Waals surface area contributed by atoms with Crippen molar-refractivity contribution >= 4 is 6.08 Å². The van der Waals surface area contributed by atoms with E-state index in [1.807, 2.05) is 18.2 Å². The third-order valence-corrected chi connectivity index (χ3v) is 1.26. The van der Waals surface area contributed by atoms with Crippen molar-refractivity contribution < 1.29 is 4.79 Å². The summed E-state index contributed by atoms with van der Waals surface area (Å²) >= 11 is 0. The molecule has 0 fully saturated rings. The summed E-state index contributed by atoms with van der Waals surface area (Å²) < 4.78 is 0. The van der Waals surface area contributed by atoms with Gasteiger partial charge in [-0.15, -0.1) is 0 Å². The van der Waals surface area contributed by atoms with Gasteiger partial charge in [0.05, 0.1) is 5.70 Å². The van der Waals surface area contributed by atoms with E-state index < -0.39 is 0 Å². The lowest BCUT2D eigenvalue weighted by atomic mass is 10.1. The molecule has 0 saturated carbocycles. The van der Waals surface area contributed by atoms with Gasteiger partial charge in [-0.25, -0.2) is 4.79 Å². The smallest absolute Gasteiger partial charge is 0.211 e. The van der Waals surface area contributed by atoms with Crippen LogP contribution in [0.5, 0.6) is 0 Å². The van der Waals surface area contributed by atoms with Crippen molar-refractivity contribution in [3.05, 3.63) is 36.1 Å². The molecule has 0 aliphatic heterocycles. The van der Waals surface area contributed by atoms with E-state index in [4.69, 9.17) is 0 Å². The number of carbonyl (C=O) groups excluding carboxylic acids is 1. The maximum Gasteiger partial charge on any atom is 0.240 e. The lowest BCUT2D eigenvalue weighted by Crippen LogP contribution is -1.85. The Morgan fingerprint density at radius 2 is 2.50 bits per heavy atom. The summed E-state index contributed by atoms with van der Waals surface area (Å²) in [5, 5.41) is 0. The highest BCUT2D eigenvalue weighted by Gasteiger charge is 1.99. The lowest BCUT2D eigenvalue weighted by molar-refractivity contribution is 0.564. The molecule has 0 atom stereocenters. The molecule has 0 aromatic rings. The van der Waals surface area contributed by atoms with Gasteiger partial charge in [-0.3, -0.25) is 0 Å². The maximum atomic E-state index is 9.82. The summed E-state index contributed by atoms with van der Waals surface area (Å²) in [7, 11) is 0. The molecule has 0 aromatic carbocycles. The minimum absolute atomic E-state index is 0.637. The Labute approximate surface area is 59.3 Å². The number of aliphatic imine (C=N–C) groups is 1. The minimum Gasteiger partial charge on any atom is -0.211 e. The van der Waals surface area contributed by atoms with Crippen LogP contribution in [0.4, 0.5) is 0 Å². The molecule has 0 radical (unpaired) electrons. The van der Waals surface area contributed by atoms with E-state index in [1.54, 1.807) is 0 Å². The van der Waals surface area contributed by atoms with Gasteiger partial charge >= 0.3 is 0 Å². The molecular formula is C8H7NO. The molecular weight excluding hydrogens is 126 g/mol. The first-order chi connectivity index (χ1) is 4.84. The molecule has 2 nitrogen and oxygen atoms in total. The van der Waals surface area contributed by atoms with Gasteiger partial charge < -0.3 is 0 Å². The van der Waals surface area contributed by atoms with Crippen molar-refractivity contribution in [2.45, 2.75) is 6.42 Å². The second-order valence-electron chi connectivity index (χ2n) is 1.96. The zero-order valence-electron chi connectivity index (χ0n) is 5.50. The lowest BCUT2D eigenvalue weighted by Gasteiger charge is -2.01. The van der Waals surface area contributed by atoms with Crippen molar-refractivity contribution in [1.29, 1.82) is 0 Å². The zero-order valence-corrected chi connectivity index (χ0v) is 5.50. The second kappa shape index (κ2) is 2.95. The Morgan fingerprint density at radius 3 is 3.10 bits per heavy atom. The highest BCUT2D eigenvalue weighted by Crippen LogP contribution is 2.15. The number of nitrogens with zero attached hydrogens (tertiary/aromatic N) is 1. The molecule has 2 heteroatoms. The van der Waals surface area contributed by atoms with Crippen LogP contribution in [-0.2, 0) is 4.79 Å². The molecule has 0 amide bonds. The molecule has 1 aliphatic rings. The Kier molecular flexibility index (Phi) is 1.98. The molecule has 0 aromatic heterocycles. The van der Waals surface area contributed by atoms with Crippen LogP contribution in [0.1, 0.15) is 6.42 Å². The highest BCUT2D eigenvalue weighted by atomic mass is 16.1. The number of allylic oxidation sites excluding steroid dienone is 3.